The van der Waals surface area contributed by atoms with Crippen LogP contribution in [0.2, 0.25) is 0 Å². The van der Waals surface area contributed by atoms with Gasteiger partial charge in [0.15, 0.2) is 0 Å². The fourth-order valence-electron chi connectivity index (χ4n) is 6.66. The molecular weight excluding hydrogens is 364 g/mol. The fraction of sp³-hybridized carbons (Fsp3) is 0.762. The second-order valence-electron chi connectivity index (χ2n) is 8.65. The van der Waals surface area contributed by atoms with Crippen molar-refractivity contribution in [3.05, 3.63) is 23.8 Å². The Balaban J connectivity index is 1.67. The normalized spacial score (nSPS) is 46.5. The third-order valence-corrected chi connectivity index (χ3v) is 8.82. The van der Waals surface area contributed by atoms with Crippen LogP contribution in [0.15, 0.2) is 23.8 Å². The second kappa shape index (κ2) is 6.00. The van der Waals surface area contributed by atoms with Crippen LogP contribution in [0.25, 0.3) is 0 Å². The maximum Gasteiger partial charge on any atom is 0.302 e. The van der Waals surface area contributed by atoms with E-state index in [2.05, 4.69) is 41.1 Å². The van der Waals surface area contributed by atoms with Crippen molar-refractivity contribution < 1.29 is 9.53 Å². The lowest BCUT2D eigenvalue weighted by Gasteiger charge is -2.56. The van der Waals surface area contributed by atoms with Crippen molar-refractivity contribution in [1.29, 1.82) is 0 Å². The summed E-state index contributed by atoms with van der Waals surface area (Å²) in [6.07, 6.45) is 16.0. The number of fused-ring (bicyclic) bond motifs is 5. The summed E-state index contributed by atoms with van der Waals surface area (Å²) >= 11 is 3.82. The monoisotopic (exact) mass is 392 g/mol. The lowest BCUT2D eigenvalue weighted by molar-refractivity contribution is -0.155. The summed E-state index contributed by atoms with van der Waals surface area (Å²) in [4.78, 5) is 11.6. The third-order valence-electron chi connectivity index (χ3n) is 7.77. The molecule has 4 aliphatic carbocycles. The molecule has 0 N–H and O–H groups in total. The van der Waals surface area contributed by atoms with Gasteiger partial charge in [0.25, 0.3) is 0 Å². The lowest BCUT2D eigenvalue weighted by Crippen LogP contribution is -2.52. The molecule has 4 rings (SSSR count). The van der Waals surface area contributed by atoms with E-state index in [1.807, 2.05) is 0 Å². The van der Waals surface area contributed by atoms with E-state index < -0.39 is 0 Å². The number of hydrogen-bond donors (Lipinski definition) is 0. The first-order chi connectivity index (χ1) is 11.5. The van der Waals surface area contributed by atoms with Crippen molar-refractivity contribution in [3.63, 3.8) is 0 Å². The van der Waals surface area contributed by atoms with Crippen LogP contribution in [0.5, 0.6) is 0 Å². The number of carbonyl (C=O) groups is 1. The van der Waals surface area contributed by atoms with Crippen molar-refractivity contribution in [2.75, 3.05) is 5.33 Å². The minimum Gasteiger partial charge on any atom is -0.462 e. The predicted octanol–water partition coefficient (Wildman–Crippen LogP) is 5.42. The van der Waals surface area contributed by atoms with Crippen LogP contribution in [0.3, 0.4) is 0 Å². The maximum atomic E-state index is 11.6. The molecule has 132 valence electrons. The Morgan fingerprint density at radius 3 is 2.92 bits per heavy atom. The highest BCUT2D eigenvalue weighted by Crippen LogP contribution is 2.64. The van der Waals surface area contributed by atoms with Crippen LogP contribution in [0.1, 0.15) is 58.8 Å². The fourth-order valence-corrected chi connectivity index (χ4v) is 7.71. The largest absolute Gasteiger partial charge is 0.462 e. The molecule has 0 radical (unpaired) electrons. The van der Waals surface area contributed by atoms with Crippen molar-refractivity contribution in [3.8, 4) is 0 Å². The molecule has 0 aromatic rings. The number of hydrogen-bond acceptors (Lipinski definition) is 2. The first-order valence-corrected chi connectivity index (χ1v) is 10.7. The van der Waals surface area contributed by atoms with Crippen LogP contribution >= 0.6 is 15.9 Å². The van der Waals surface area contributed by atoms with Crippen molar-refractivity contribution in [2.24, 2.45) is 28.6 Å². The minimum absolute atomic E-state index is 0.111. The smallest absolute Gasteiger partial charge is 0.302 e. The van der Waals surface area contributed by atoms with Crippen LogP contribution in [-0.4, -0.2) is 17.4 Å². The molecular formula is C21H29BrO2. The van der Waals surface area contributed by atoms with E-state index in [0.29, 0.717) is 5.92 Å². The highest BCUT2D eigenvalue weighted by Gasteiger charge is 2.60. The lowest BCUT2D eigenvalue weighted by atomic mass is 9.49. The van der Waals surface area contributed by atoms with Gasteiger partial charge in [0.1, 0.15) is 6.10 Å². The quantitative estimate of drug-likeness (QED) is 0.356. The van der Waals surface area contributed by atoms with E-state index in [1.54, 1.807) is 12.5 Å². The van der Waals surface area contributed by atoms with Crippen LogP contribution in [0.4, 0.5) is 0 Å². The number of rotatable bonds is 2. The molecule has 0 spiro atoms. The first-order valence-electron chi connectivity index (χ1n) is 9.61. The summed E-state index contributed by atoms with van der Waals surface area (Å²) in [6, 6.07) is 0. The molecule has 2 saturated carbocycles. The van der Waals surface area contributed by atoms with Gasteiger partial charge in [-0.2, -0.15) is 0 Å². The number of allylic oxidation sites excluding steroid dienone is 4. The van der Waals surface area contributed by atoms with Gasteiger partial charge in [-0.1, -0.05) is 46.7 Å². The highest BCUT2D eigenvalue weighted by molar-refractivity contribution is 9.09. The minimum atomic E-state index is -0.115. The zero-order valence-corrected chi connectivity index (χ0v) is 16.5. The van der Waals surface area contributed by atoms with E-state index in [1.165, 1.54) is 38.5 Å². The third kappa shape index (κ3) is 2.29. The summed E-state index contributed by atoms with van der Waals surface area (Å²) < 4.78 is 5.79. The van der Waals surface area contributed by atoms with Crippen molar-refractivity contribution in [2.45, 2.75) is 64.9 Å². The van der Waals surface area contributed by atoms with E-state index in [-0.39, 0.29) is 22.9 Å². The van der Waals surface area contributed by atoms with Crippen LogP contribution < -0.4 is 0 Å². The van der Waals surface area contributed by atoms with Gasteiger partial charge in [-0.25, -0.2) is 0 Å². The molecule has 1 unspecified atom stereocenters. The summed E-state index contributed by atoms with van der Waals surface area (Å²) in [5.41, 5.74) is 2.12. The zero-order valence-electron chi connectivity index (χ0n) is 14.9. The molecule has 0 aliphatic heterocycles. The molecule has 4 aliphatic rings. The summed E-state index contributed by atoms with van der Waals surface area (Å²) in [6.45, 7) is 4.04. The average molecular weight is 393 g/mol. The van der Waals surface area contributed by atoms with Crippen LogP contribution in [0, 0.1) is 28.6 Å². The number of esters is 1. The molecule has 0 aromatic heterocycles. The number of ether oxygens (including phenoxy) is 1. The van der Waals surface area contributed by atoms with Gasteiger partial charge in [-0.05, 0) is 62.7 Å². The topological polar surface area (TPSA) is 26.3 Å². The Labute approximate surface area is 154 Å². The Morgan fingerprint density at radius 1 is 1.33 bits per heavy atom. The highest BCUT2D eigenvalue weighted by atomic mass is 79.9. The van der Waals surface area contributed by atoms with Crippen molar-refractivity contribution >= 4 is 21.9 Å². The summed E-state index contributed by atoms with van der Waals surface area (Å²) in [5.74, 6) is 2.08. The number of alkyl halides is 1. The average Bonchev–Trinajstić information content (AvgIpc) is 2.93. The van der Waals surface area contributed by atoms with Gasteiger partial charge in [0.2, 0.25) is 0 Å². The molecule has 0 amide bonds. The number of halogens is 1. The van der Waals surface area contributed by atoms with Gasteiger partial charge in [0, 0.05) is 23.1 Å². The molecule has 0 saturated heterocycles. The molecule has 0 bridgehead atoms. The standard InChI is InChI=1S/C21H29BrO2/c1-14(23)24-19-9-8-18-16-7-6-15-5-3-4-11-20(15,2)17(16)10-12-21(18,19)13-22/h4,6,11,16-19H,3,5,7-10,12-13H2,1-2H3/t16-,17+,18+,19?,20+,21-/m1/s1. The van der Waals surface area contributed by atoms with Gasteiger partial charge in [-0.3, -0.25) is 4.79 Å². The molecule has 0 aromatic carbocycles. The van der Waals surface area contributed by atoms with E-state index in [4.69, 9.17) is 4.74 Å². The van der Waals surface area contributed by atoms with E-state index in [0.717, 1.165) is 23.6 Å². The van der Waals surface area contributed by atoms with E-state index in [9.17, 15) is 4.79 Å². The van der Waals surface area contributed by atoms with Gasteiger partial charge < -0.3 is 4.74 Å². The Morgan fingerprint density at radius 2 is 2.17 bits per heavy atom. The van der Waals surface area contributed by atoms with Crippen LogP contribution in [-0.2, 0) is 9.53 Å². The molecule has 0 heterocycles. The Hall–Kier alpha value is -0.570. The predicted molar refractivity (Wildman–Crippen MR) is 99.9 cm³/mol. The second-order valence-corrected chi connectivity index (χ2v) is 9.21. The van der Waals surface area contributed by atoms with E-state index >= 15 is 0 Å². The zero-order chi connectivity index (χ0) is 16.9. The molecule has 24 heavy (non-hydrogen) atoms. The summed E-state index contributed by atoms with van der Waals surface area (Å²) in [7, 11) is 0. The van der Waals surface area contributed by atoms with Gasteiger partial charge in [0.05, 0.1) is 0 Å². The molecule has 2 fully saturated rings. The van der Waals surface area contributed by atoms with Gasteiger partial charge >= 0.3 is 5.97 Å². The SMILES string of the molecule is CC(=O)OC1CC[C@H]2[C@@H]3CC=C4CCC=C[C@]4(C)[C@H]3CC[C@]12CBr. The molecule has 6 atom stereocenters. The summed E-state index contributed by atoms with van der Waals surface area (Å²) in [5, 5.41) is 0.967. The number of carbonyl (C=O) groups excluding carboxylic acids is 1. The molecule has 3 heteroatoms. The maximum absolute atomic E-state index is 11.6. The molecule has 2 nitrogen and oxygen atoms in total. The Bertz CT molecular complexity index is 595. The van der Waals surface area contributed by atoms with Gasteiger partial charge in [-0.15, -0.1) is 0 Å². The van der Waals surface area contributed by atoms with Crippen molar-refractivity contribution in [1.82, 2.24) is 0 Å². The Kier molecular flexibility index (Phi) is 4.22. The first kappa shape index (κ1) is 16.9.